The number of benzene rings is 2. The first-order valence-electron chi connectivity index (χ1n) is 8.71. The average Bonchev–Trinajstić information content (AvgIpc) is 2.86. The Balaban J connectivity index is 1.75. The third-order valence-electron chi connectivity index (χ3n) is 4.21. The predicted molar refractivity (Wildman–Crippen MR) is 105 cm³/mol. The monoisotopic (exact) mass is 374 g/mol. The molecule has 2 aromatic rings. The van der Waals surface area contributed by atoms with Crippen molar-refractivity contribution in [2.75, 3.05) is 54.5 Å². The lowest BCUT2D eigenvalue weighted by Gasteiger charge is -2.11. The Kier molecular flexibility index (Phi) is 5.96. The van der Waals surface area contributed by atoms with E-state index in [-0.39, 0.29) is 0 Å². The van der Waals surface area contributed by atoms with Crippen molar-refractivity contribution >= 4 is 10.8 Å². The van der Waals surface area contributed by atoms with E-state index in [2.05, 4.69) is 9.80 Å². The topological polar surface area (TPSA) is 42.0 Å². The summed E-state index contributed by atoms with van der Waals surface area (Å²) in [6.07, 6.45) is 0. The molecule has 0 N–H and O–H groups in total. The molecule has 0 unspecified atom stereocenters. The summed E-state index contributed by atoms with van der Waals surface area (Å²) in [5.74, 6) is 1.52. The SMILES string of the molecule is CN(C)CCOc1ccc2c(c1)S(=O)c1cc(OCCN(C)C)ccc1-2. The van der Waals surface area contributed by atoms with Gasteiger partial charge in [-0.2, -0.15) is 0 Å². The molecule has 1 heterocycles. The molecular formula is C20H26N2O3S. The average molecular weight is 375 g/mol. The summed E-state index contributed by atoms with van der Waals surface area (Å²) in [4.78, 5) is 5.76. The highest BCUT2D eigenvalue weighted by Gasteiger charge is 2.26. The summed E-state index contributed by atoms with van der Waals surface area (Å²) in [7, 11) is 6.84. The molecule has 0 saturated heterocycles. The molecular weight excluding hydrogens is 348 g/mol. The van der Waals surface area contributed by atoms with Crippen molar-refractivity contribution in [3.05, 3.63) is 36.4 Å². The molecule has 6 heteroatoms. The van der Waals surface area contributed by atoms with Gasteiger partial charge in [0.15, 0.2) is 0 Å². The van der Waals surface area contributed by atoms with E-state index in [1.807, 2.05) is 64.6 Å². The van der Waals surface area contributed by atoms with Crippen molar-refractivity contribution in [3.8, 4) is 22.6 Å². The maximum atomic E-state index is 12.9. The lowest BCUT2D eigenvalue weighted by Crippen LogP contribution is -2.19. The van der Waals surface area contributed by atoms with Gasteiger partial charge in [0.05, 0.1) is 20.6 Å². The summed E-state index contributed by atoms with van der Waals surface area (Å²) < 4.78 is 24.5. The van der Waals surface area contributed by atoms with Crippen LogP contribution in [0.1, 0.15) is 0 Å². The smallest absolute Gasteiger partial charge is 0.120 e. The molecule has 0 amide bonds. The Bertz CT molecular complexity index is 740. The highest BCUT2D eigenvalue weighted by Crippen LogP contribution is 2.43. The highest BCUT2D eigenvalue weighted by atomic mass is 32.2. The molecule has 2 aromatic carbocycles. The fourth-order valence-corrected chi connectivity index (χ4v) is 4.19. The third-order valence-corrected chi connectivity index (χ3v) is 5.68. The van der Waals surface area contributed by atoms with Crippen molar-refractivity contribution in [3.63, 3.8) is 0 Å². The molecule has 0 aliphatic carbocycles. The molecule has 1 aliphatic rings. The van der Waals surface area contributed by atoms with Crippen molar-refractivity contribution in [2.24, 2.45) is 0 Å². The Morgan fingerprint density at radius 3 is 1.58 bits per heavy atom. The zero-order chi connectivity index (χ0) is 18.7. The van der Waals surface area contributed by atoms with Gasteiger partial charge in [-0.3, -0.25) is 0 Å². The first kappa shape index (κ1) is 18.9. The van der Waals surface area contributed by atoms with Crippen LogP contribution >= 0.6 is 0 Å². The molecule has 140 valence electrons. The Labute approximate surface area is 158 Å². The van der Waals surface area contributed by atoms with Gasteiger partial charge in [0.2, 0.25) is 0 Å². The molecule has 0 saturated carbocycles. The zero-order valence-electron chi connectivity index (χ0n) is 15.8. The minimum atomic E-state index is -1.20. The Morgan fingerprint density at radius 1 is 0.769 bits per heavy atom. The molecule has 5 nitrogen and oxygen atoms in total. The van der Waals surface area contributed by atoms with E-state index in [1.54, 1.807) is 0 Å². The van der Waals surface area contributed by atoms with Crippen LogP contribution in [0.5, 0.6) is 11.5 Å². The van der Waals surface area contributed by atoms with Crippen LogP contribution in [-0.2, 0) is 10.8 Å². The minimum Gasteiger partial charge on any atom is -0.492 e. The summed E-state index contributed by atoms with van der Waals surface area (Å²) in [5, 5.41) is 0. The predicted octanol–water partition coefficient (Wildman–Crippen LogP) is 2.71. The molecule has 0 aromatic heterocycles. The number of nitrogens with zero attached hydrogens (tertiary/aromatic N) is 2. The minimum absolute atomic E-state index is 0.606. The van der Waals surface area contributed by atoms with E-state index >= 15 is 0 Å². The number of hydrogen-bond donors (Lipinski definition) is 0. The van der Waals surface area contributed by atoms with E-state index in [0.29, 0.717) is 13.2 Å². The van der Waals surface area contributed by atoms with Gasteiger partial charge in [0, 0.05) is 13.1 Å². The van der Waals surface area contributed by atoms with Gasteiger partial charge in [-0.05, 0) is 75.7 Å². The van der Waals surface area contributed by atoms with Crippen molar-refractivity contribution < 1.29 is 13.7 Å². The molecule has 0 spiro atoms. The second-order valence-electron chi connectivity index (χ2n) is 6.89. The van der Waals surface area contributed by atoms with Gasteiger partial charge in [-0.25, -0.2) is 4.21 Å². The molecule has 0 bridgehead atoms. The van der Waals surface area contributed by atoms with Crippen LogP contribution in [0.15, 0.2) is 46.2 Å². The molecule has 0 fully saturated rings. The van der Waals surface area contributed by atoms with Gasteiger partial charge in [-0.15, -0.1) is 0 Å². The first-order valence-corrected chi connectivity index (χ1v) is 9.86. The number of likely N-dealkylation sites (N-methyl/N-ethyl adjacent to an activating group) is 2. The van der Waals surface area contributed by atoms with E-state index in [9.17, 15) is 4.21 Å². The van der Waals surface area contributed by atoms with Crippen LogP contribution in [0.3, 0.4) is 0 Å². The second kappa shape index (κ2) is 8.20. The molecule has 26 heavy (non-hydrogen) atoms. The molecule has 3 rings (SSSR count). The standard InChI is InChI=1S/C20H26N2O3S/c1-21(2)9-11-24-15-5-7-17-18-8-6-16(25-12-10-22(3)4)14-20(18)26(23)19(17)13-15/h5-8,13-14H,9-12H2,1-4H3. The summed E-state index contributed by atoms with van der Waals surface area (Å²) in [5.41, 5.74) is 2.02. The van der Waals surface area contributed by atoms with Crippen LogP contribution in [0.4, 0.5) is 0 Å². The number of rotatable bonds is 8. The summed E-state index contributed by atoms with van der Waals surface area (Å²) in [6, 6.07) is 11.7. The number of hydrogen-bond acceptors (Lipinski definition) is 5. The highest BCUT2D eigenvalue weighted by molar-refractivity contribution is 7.85. The molecule has 0 atom stereocenters. The molecule has 1 aliphatic heterocycles. The fraction of sp³-hybridized carbons (Fsp3) is 0.400. The summed E-state index contributed by atoms with van der Waals surface area (Å²) >= 11 is 0. The van der Waals surface area contributed by atoms with Crippen molar-refractivity contribution in [1.82, 2.24) is 9.80 Å². The van der Waals surface area contributed by atoms with Gasteiger partial charge in [0.1, 0.15) is 24.7 Å². The van der Waals surface area contributed by atoms with E-state index in [4.69, 9.17) is 9.47 Å². The van der Waals surface area contributed by atoms with Crippen LogP contribution in [0, 0.1) is 0 Å². The Hall–Kier alpha value is -1.89. The molecule has 0 radical (unpaired) electrons. The maximum Gasteiger partial charge on any atom is 0.120 e. The largest absolute Gasteiger partial charge is 0.492 e. The second-order valence-corrected chi connectivity index (χ2v) is 8.31. The normalized spacial score (nSPS) is 13.2. The van der Waals surface area contributed by atoms with E-state index in [1.165, 1.54) is 0 Å². The van der Waals surface area contributed by atoms with Crippen LogP contribution < -0.4 is 9.47 Å². The number of ether oxygens (including phenoxy) is 2. The van der Waals surface area contributed by atoms with Crippen molar-refractivity contribution in [1.29, 1.82) is 0 Å². The third kappa shape index (κ3) is 4.26. The quantitative estimate of drug-likeness (QED) is 0.606. The van der Waals surface area contributed by atoms with E-state index < -0.39 is 10.8 Å². The van der Waals surface area contributed by atoms with Gasteiger partial charge < -0.3 is 19.3 Å². The lowest BCUT2D eigenvalue weighted by molar-refractivity contribution is 0.261. The van der Waals surface area contributed by atoms with Gasteiger partial charge in [-0.1, -0.05) is 0 Å². The van der Waals surface area contributed by atoms with Crippen molar-refractivity contribution in [2.45, 2.75) is 9.79 Å². The maximum absolute atomic E-state index is 12.9. The van der Waals surface area contributed by atoms with Gasteiger partial charge >= 0.3 is 0 Å². The first-order chi connectivity index (χ1) is 12.5. The van der Waals surface area contributed by atoms with E-state index in [0.717, 1.165) is 45.5 Å². The fourth-order valence-electron chi connectivity index (χ4n) is 2.75. The van der Waals surface area contributed by atoms with Crippen LogP contribution in [0.25, 0.3) is 11.1 Å². The lowest BCUT2D eigenvalue weighted by atomic mass is 10.1. The van der Waals surface area contributed by atoms with Gasteiger partial charge in [0.25, 0.3) is 0 Å². The van der Waals surface area contributed by atoms with Crippen LogP contribution in [0.2, 0.25) is 0 Å². The Morgan fingerprint density at radius 2 is 1.19 bits per heavy atom. The van der Waals surface area contributed by atoms with Crippen LogP contribution in [-0.4, -0.2) is 68.5 Å². The zero-order valence-corrected chi connectivity index (χ0v) is 16.6. The number of fused-ring (bicyclic) bond motifs is 3. The summed E-state index contributed by atoms with van der Waals surface area (Å²) in [6.45, 7) is 2.90.